The Morgan fingerprint density at radius 2 is 1.58 bits per heavy atom. The molecule has 0 radical (unpaired) electrons. The number of nitrogens with zero attached hydrogens (tertiary/aromatic N) is 4. The Morgan fingerprint density at radius 1 is 0.788 bits per heavy atom. The molecule has 2 aliphatic rings. The topological polar surface area (TPSA) is 84.7 Å². The molecule has 0 bridgehead atoms. The van der Waals surface area contributed by atoms with Crippen LogP contribution in [0.3, 0.4) is 0 Å². The monoisotopic (exact) mass is 438 g/mol. The fourth-order valence-electron chi connectivity index (χ4n) is 4.73. The molecule has 33 heavy (non-hydrogen) atoms. The number of nitrogens with one attached hydrogen (secondary N) is 2. The van der Waals surface area contributed by atoms with Gasteiger partial charge >= 0.3 is 0 Å². The molecule has 0 saturated heterocycles. The number of para-hydroxylation sites is 1. The highest BCUT2D eigenvalue weighted by atomic mass is 16.1. The molecule has 6 rings (SSSR count). The molecule has 2 atom stereocenters. The average Bonchev–Trinajstić information content (AvgIpc) is 3.61. The van der Waals surface area contributed by atoms with E-state index in [-0.39, 0.29) is 5.56 Å². The predicted molar refractivity (Wildman–Crippen MR) is 130 cm³/mol. The number of benzene rings is 1. The van der Waals surface area contributed by atoms with E-state index >= 15 is 0 Å². The summed E-state index contributed by atoms with van der Waals surface area (Å²) in [5, 5.41) is 8.04. The Bertz CT molecular complexity index is 1330. The zero-order chi connectivity index (χ0) is 22.2. The first-order chi connectivity index (χ1) is 16.2. The van der Waals surface area contributed by atoms with E-state index < -0.39 is 0 Å². The molecule has 3 heterocycles. The first-order valence-corrected chi connectivity index (χ1v) is 11.7. The molecule has 0 amide bonds. The van der Waals surface area contributed by atoms with Gasteiger partial charge in [0.1, 0.15) is 5.82 Å². The summed E-state index contributed by atoms with van der Waals surface area (Å²) in [7, 11) is 0. The van der Waals surface area contributed by atoms with E-state index in [9.17, 15) is 4.79 Å². The Hall–Kier alpha value is -3.74. The van der Waals surface area contributed by atoms with Crippen molar-refractivity contribution in [1.82, 2.24) is 19.5 Å². The molecule has 7 nitrogen and oxygen atoms in total. The highest BCUT2D eigenvalue weighted by Crippen LogP contribution is 2.39. The van der Waals surface area contributed by atoms with Crippen LogP contribution in [0.2, 0.25) is 0 Å². The van der Waals surface area contributed by atoms with E-state index in [0.717, 1.165) is 41.7 Å². The molecule has 1 unspecified atom stereocenters. The van der Waals surface area contributed by atoms with Crippen molar-refractivity contribution >= 4 is 22.7 Å². The lowest BCUT2D eigenvalue weighted by atomic mass is 10.2. The summed E-state index contributed by atoms with van der Waals surface area (Å²) in [4.78, 5) is 26.1. The van der Waals surface area contributed by atoms with Crippen LogP contribution in [0.15, 0.2) is 71.9 Å². The largest absolute Gasteiger partial charge is 0.367 e. The Labute approximate surface area is 191 Å². The smallest absolute Gasteiger partial charge is 0.255 e. The van der Waals surface area contributed by atoms with E-state index in [4.69, 9.17) is 0 Å². The van der Waals surface area contributed by atoms with Crippen LogP contribution in [0.5, 0.6) is 0 Å². The maximum Gasteiger partial charge on any atom is 0.255 e. The average molecular weight is 439 g/mol. The second kappa shape index (κ2) is 8.31. The predicted octanol–water partition coefficient (Wildman–Crippen LogP) is 4.50. The normalized spacial score (nSPS) is 20.1. The first-order valence-electron chi connectivity index (χ1n) is 11.7. The number of hydrogen-bond donors (Lipinski definition) is 2. The van der Waals surface area contributed by atoms with Gasteiger partial charge in [-0.3, -0.25) is 9.36 Å². The Balaban J connectivity index is 1.11. The zero-order valence-corrected chi connectivity index (χ0v) is 18.3. The summed E-state index contributed by atoms with van der Waals surface area (Å²) in [5.41, 5.74) is 2.84. The van der Waals surface area contributed by atoms with Crippen LogP contribution in [-0.2, 0) is 0 Å². The molecule has 2 aliphatic carbocycles. The maximum atomic E-state index is 12.5. The fraction of sp³-hybridized carbons (Fsp3) is 0.308. The van der Waals surface area contributed by atoms with Crippen LogP contribution in [-0.4, -0.2) is 31.6 Å². The molecule has 4 aromatic rings. The van der Waals surface area contributed by atoms with Crippen molar-refractivity contribution < 1.29 is 0 Å². The third-order valence-electron chi connectivity index (χ3n) is 6.65. The van der Waals surface area contributed by atoms with Crippen LogP contribution in [0.25, 0.3) is 16.6 Å². The first kappa shape index (κ1) is 19.9. The molecule has 2 saturated carbocycles. The fourth-order valence-corrected chi connectivity index (χ4v) is 4.73. The van der Waals surface area contributed by atoms with Gasteiger partial charge in [-0.2, -0.15) is 0 Å². The van der Waals surface area contributed by atoms with E-state index in [1.165, 1.54) is 18.4 Å². The molecular formula is C26H26N6O. The molecule has 0 spiro atoms. The summed E-state index contributed by atoms with van der Waals surface area (Å²) in [6.45, 7) is 0. The summed E-state index contributed by atoms with van der Waals surface area (Å²) >= 11 is 0. The lowest BCUT2D eigenvalue weighted by Gasteiger charge is -2.16. The summed E-state index contributed by atoms with van der Waals surface area (Å²) in [6, 6.07) is 15.9. The third kappa shape index (κ3) is 4.18. The van der Waals surface area contributed by atoms with Gasteiger partial charge in [0, 0.05) is 30.5 Å². The van der Waals surface area contributed by atoms with E-state index in [2.05, 4.69) is 25.6 Å². The lowest BCUT2D eigenvalue weighted by molar-refractivity contribution is 0.716. The summed E-state index contributed by atoms with van der Waals surface area (Å²) < 4.78 is 1.70. The number of pyridine rings is 2. The van der Waals surface area contributed by atoms with E-state index in [1.54, 1.807) is 16.8 Å². The van der Waals surface area contributed by atoms with Gasteiger partial charge in [-0.05, 0) is 73.2 Å². The van der Waals surface area contributed by atoms with Crippen molar-refractivity contribution in [2.24, 2.45) is 0 Å². The minimum atomic E-state index is -0.0618. The van der Waals surface area contributed by atoms with Crippen molar-refractivity contribution in [2.75, 3.05) is 10.6 Å². The number of fused-ring (bicyclic) bond motifs is 1. The minimum Gasteiger partial charge on any atom is -0.367 e. The SMILES string of the molecule is O=c1ccc2ccccc2n1-c1ccc(NC2CC[C@H](Nc3ncc(C4CC4)cn3)C2)nc1. The van der Waals surface area contributed by atoms with Gasteiger partial charge in [0.2, 0.25) is 5.95 Å². The molecule has 2 N–H and O–H groups in total. The summed E-state index contributed by atoms with van der Waals surface area (Å²) in [5.74, 6) is 2.22. The van der Waals surface area contributed by atoms with Gasteiger partial charge in [0.05, 0.1) is 17.4 Å². The van der Waals surface area contributed by atoms with Crippen molar-refractivity contribution in [1.29, 1.82) is 0 Å². The number of rotatable bonds is 6. The van der Waals surface area contributed by atoms with Gasteiger partial charge in [0.15, 0.2) is 0 Å². The Kier molecular flexibility index (Phi) is 5.02. The van der Waals surface area contributed by atoms with Gasteiger partial charge in [0.25, 0.3) is 5.56 Å². The molecule has 166 valence electrons. The maximum absolute atomic E-state index is 12.5. The van der Waals surface area contributed by atoms with Crippen LogP contribution in [0.4, 0.5) is 11.8 Å². The van der Waals surface area contributed by atoms with Crippen LogP contribution in [0, 0.1) is 0 Å². The van der Waals surface area contributed by atoms with Crippen molar-refractivity contribution in [2.45, 2.75) is 50.1 Å². The molecule has 3 aromatic heterocycles. The lowest BCUT2D eigenvalue weighted by Crippen LogP contribution is -2.22. The molecular weight excluding hydrogens is 412 g/mol. The van der Waals surface area contributed by atoms with E-state index in [1.807, 2.05) is 54.9 Å². The highest BCUT2D eigenvalue weighted by Gasteiger charge is 2.26. The Morgan fingerprint density at radius 3 is 2.33 bits per heavy atom. The van der Waals surface area contributed by atoms with Gasteiger partial charge in [-0.1, -0.05) is 18.2 Å². The highest BCUT2D eigenvalue weighted by molar-refractivity contribution is 5.80. The molecule has 1 aromatic carbocycles. The standard InChI is InChI=1S/C26H26N6O/c33-25-12-7-18-3-1-2-4-23(18)32(25)22-10-11-24(27-16-22)30-20-8-9-21(13-20)31-26-28-14-19(15-29-26)17-5-6-17/h1-4,7,10-12,14-17,20-21H,5-6,8-9,13H2,(H,27,30)(H,28,29,31)/t20?,21-/m0/s1. The van der Waals surface area contributed by atoms with Crippen molar-refractivity contribution in [3.63, 3.8) is 0 Å². The quantitative estimate of drug-likeness (QED) is 0.461. The molecule has 7 heteroatoms. The third-order valence-corrected chi connectivity index (χ3v) is 6.65. The number of hydrogen-bond acceptors (Lipinski definition) is 6. The molecule has 0 aliphatic heterocycles. The van der Waals surface area contributed by atoms with Gasteiger partial charge in [-0.15, -0.1) is 0 Å². The van der Waals surface area contributed by atoms with Crippen LogP contribution < -0.4 is 16.2 Å². The summed E-state index contributed by atoms with van der Waals surface area (Å²) in [6.07, 6.45) is 11.3. The van der Waals surface area contributed by atoms with Crippen LogP contribution >= 0.6 is 0 Å². The number of anilines is 2. The molecule has 2 fully saturated rings. The van der Waals surface area contributed by atoms with Gasteiger partial charge in [-0.25, -0.2) is 15.0 Å². The van der Waals surface area contributed by atoms with Crippen LogP contribution in [0.1, 0.15) is 43.6 Å². The van der Waals surface area contributed by atoms with Gasteiger partial charge < -0.3 is 10.6 Å². The minimum absolute atomic E-state index is 0.0618. The second-order valence-electron chi connectivity index (χ2n) is 9.08. The van der Waals surface area contributed by atoms with Crippen molar-refractivity contribution in [3.05, 3.63) is 83.0 Å². The zero-order valence-electron chi connectivity index (χ0n) is 18.3. The second-order valence-corrected chi connectivity index (χ2v) is 9.08. The number of aromatic nitrogens is 4. The van der Waals surface area contributed by atoms with E-state index in [0.29, 0.717) is 23.9 Å². The van der Waals surface area contributed by atoms with Crippen molar-refractivity contribution in [3.8, 4) is 5.69 Å².